The molecule has 0 unspecified atom stereocenters. The van der Waals surface area contributed by atoms with Crippen molar-refractivity contribution < 1.29 is 19.4 Å². The fraction of sp³-hybridized carbons (Fsp3) is 0.467. The molecule has 0 fully saturated rings. The van der Waals surface area contributed by atoms with Crippen LogP contribution in [0.4, 0.5) is 0 Å². The van der Waals surface area contributed by atoms with E-state index in [2.05, 4.69) is 20.8 Å². The van der Waals surface area contributed by atoms with Crippen molar-refractivity contribution in [3.05, 3.63) is 29.8 Å². The van der Waals surface area contributed by atoms with E-state index in [1.165, 1.54) is 7.05 Å². The van der Waals surface area contributed by atoms with Crippen molar-refractivity contribution in [3.63, 3.8) is 0 Å². The van der Waals surface area contributed by atoms with E-state index >= 15 is 0 Å². The molecule has 0 saturated carbocycles. The van der Waals surface area contributed by atoms with Crippen LogP contribution in [0.2, 0.25) is 0 Å². The van der Waals surface area contributed by atoms with Crippen LogP contribution >= 0.6 is 0 Å². The van der Waals surface area contributed by atoms with Crippen molar-refractivity contribution in [2.24, 2.45) is 0 Å². The van der Waals surface area contributed by atoms with Gasteiger partial charge in [-0.3, -0.25) is 4.79 Å². The molecule has 0 bridgehead atoms. The molecule has 1 rings (SSSR count). The third-order valence-electron chi connectivity index (χ3n) is 2.91. The average Bonchev–Trinajstić information content (AvgIpc) is 2.37. The van der Waals surface area contributed by atoms with Crippen molar-refractivity contribution in [2.75, 3.05) is 20.2 Å². The number of para-hydroxylation sites is 1. The highest BCUT2D eigenvalue weighted by Crippen LogP contribution is 2.30. The number of carbonyl (C=O) groups is 2. The topological polar surface area (TPSA) is 66.8 Å². The van der Waals surface area contributed by atoms with Gasteiger partial charge in [-0.25, -0.2) is 4.79 Å². The summed E-state index contributed by atoms with van der Waals surface area (Å²) < 4.78 is 5.68. The lowest BCUT2D eigenvalue weighted by Crippen LogP contribution is -2.36. The highest BCUT2D eigenvalue weighted by atomic mass is 16.5. The number of hydrogen-bond acceptors (Lipinski definition) is 3. The van der Waals surface area contributed by atoms with Crippen LogP contribution in [0.3, 0.4) is 0 Å². The van der Waals surface area contributed by atoms with Crippen molar-refractivity contribution in [1.29, 1.82) is 0 Å². The molecule has 0 aromatic heterocycles. The molecule has 0 aliphatic rings. The zero-order valence-electron chi connectivity index (χ0n) is 12.3. The van der Waals surface area contributed by atoms with Gasteiger partial charge in [-0.15, -0.1) is 0 Å². The fourth-order valence-corrected chi connectivity index (χ4v) is 1.77. The molecule has 0 saturated heterocycles. The summed E-state index contributed by atoms with van der Waals surface area (Å²) in [6, 6.07) is 7.71. The van der Waals surface area contributed by atoms with Gasteiger partial charge in [0.2, 0.25) is 0 Å². The summed E-state index contributed by atoms with van der Waals surface area (Å²) in [4.78, 5) is 22.8. The number of ether oxygens (including phenoxy) is 1. The first-order valence-corrected chi connectivity index (χ1v) is 6.44. The lowest BCUT2D eigenvalue weighted by Gasteiger charge is -2.23. The molecule has 5 nitrogen and oxygen atoms in total. The van der Waals surface area contributed by atoms with Crippen molar-refractivity contribution >= 4 is 11.9 Å². The SMILES string of the molecule is CN(CCOc1ccccc1C(C)(C)C)C(=O)C(=O)O. The summed E-state index contributed by atoms with van der Waals surface area (Å²) in [5, 5.41) is 8.59. The lowest BCUT2D eigenvalue weighted by atomic mass is 9.86. The van der Waals surface area contributed by atoms with Crippen LogP contribution in [0.25, 0.3) is 0 Å². The summed E-state index contributed by atoms with van der Waals surface area (Å²) in [6.07, 6.45) is 0. The highest BCUT2D eigenvalue weighted by Gasteiger charge is 2.19. The number of amides is 1. The Hall–Kier alpha value is -2.04. The van der Waals surface area contributed by atoms with E-state index in [4.69, 9.17) is 9.84 Å². The third-order valence-corrected chi connectivity index (χ3v) is 2.91. The lowest BCUT2D eigenvalue weighted by molar-refractivity contribution is -0.155. The second-order valence-electron chi connectivity index (χ2n) is 5.63. The number of aliphatic carboxylic acids is 1. The van der Waals surface area contributed by atoms with E-state index in [0.717, 1.165) is 16.2 Å². The van der Waals surface area contributed by atoms with Gasteiger partial charge in [-0.1, -0.05) is 39.0 Å². The van der Waals surface area contributed by atoms with E-state index < -0.39 is 11.9 Å². The molecular weight excluding hydrogens is 258 g/mol. The molecular formula is C15H21NO4. The van der Waals surface area contributed by atoms with Crippen LogP contribution < -0.4 is 4.74 Å². The van der Waals surface area contributed by atoms with E-state index in [9.17, 15) is 9.59 Å². The summed E-state index contributed by atoms with van der Waals surface area (Å²) in [6.45, 7) is 6.76. The Morgan fingerprint density at radius 2 is 1.85 bits per heavy atom. The third kappa shape index (κ3) is 4.26. The number of hydrogen-bond donors (Lipinski definition) is 1. The van der Waals surface area contributed by atoms with Crippen molar-refractivity contribution in [3.8, 4) is 5.75 Å². The number of nitrogens with zero attached hydrogens (tertiary/aromatic N) is 1. The van der Waals surface area contributed by atoms with Gasteiger partial charge in [0.1, 0.15) is 12.4 Å². The first kappa shape index (κ1) is 16.0. The normalized spacial score (nSPS) is 11.0. The predicted molar refractivity (Wildman–Crippen MR) is 75.9 cm³/mol. The molecule has 0 spiro atoms. The highest BCUT2D eigenvalue weighted by molar-refractivity contribution is 6.31. The number of benzene rings is 1. The number of rotatable bonds is 4. The maximum atomic E-state index is 11.2. The maximum Gasteiger partial charge on any atom is 0.394 e. The van der Waals surface area contributed by atoms with Crippen molar-refractivity contribution in [1.82, 2.24) is 4.90 Å². The molecule has 110 valence electrons. The number of carbonyl (C=O) groups excluding carboxylic acids is 1. The Labute approximate surface area is 119 Å². The first-order valence-electron chi connectivity index (χ1n) is 6.44. The molecule has 0 heterocycles. The largest absolute Gasteiger partial charge is 0.491 e. The maximum absolute atomic E-state index is 11.2. The summed E-state index contributed by atoms with van der Waals surface area (Å²) in [5.41, 5.74) is 1.03. The Morgan fingerprint density at radius 1 is 1.25 bits per heavy atom. The number of carboxylic acids is 1. The Bertz CT molecular complexity index is 491. The number of carboxylic acid groups (broad SMARTS) is 1. The second-order valence-corrected chi connectivity index (χ2v) is 5.63. The molecule has 1 amide bonds. The zero-order valence-corrected chi connectivity index (χ0v) is 12.3. The van der Waals surface area contributed by atoms with E-state index in [-0.39, 0.29) is 18.6 Å². The van der Waals surface area contributed by atoms with Crippen LogP contribution in [0.1, 0.15) is 26.3 Å². The molecule has 20 heavy (non-hydrogen) atoms. The minimum Gasteiger partial charge on any atom is -0.491 e. The van der Waals surface area contributed by atoms with E-state index in [1.54, 1.807) is 0 Å². The second kappa shape index (κ2) is 6.41. The Kier molecular flexibility index (Phi) is 5.13. The smallest absolute Gasteiger partial charge is 0.394 e. The first-order chi connectivity index (χ1) is 9.23. The molecule has 1 aromatic rings. The van der Waals surface area contributed by atoms with Gasteiger partial charge in [-0.05, 0) is 17.0 Å². The van der Waals surface area contributed by atoms with Crippen molar-refractivity contribution in [2.45, 2.75) is 26.2 Å². The Morgan fingerprint density at radius 3 is 2.40 bits per heavy atom. The van der Waals surface area contributed by atoms with Gasteiger partial charge < -0.3 is 14.7 Å². The molecule has 1 aromatic carbocycles. The van der Waals surface area contributed by atoms with Gasteiger partial charge >= 0.3 is 11.9 Å². The van der Waals surface area contributed by atoms with Crippen LogP contribution in [-0.2, 0) is 15.0 Å². The molecule has 1 N–H and O–H groups in total. The van der Waals surface area contributed by atoms with Crippen LogP contribution in [0.5, 0.6) is 5.75 Å². The molecule has 0 aliphatic heterocycles. The van der Waals surface area contributed by atoms with Crippen LogP contribution in [0.15, 0.2) is 24.3 Å². The average molecular weight is 279 g/mol. The van der Waals surface area contributed by atoms with Gasteiger partial charge in [0.05, 0.1) is 6.54 Å². The van der Waals surface area contributed by atoms with Crippen LogP contribution in [0, 0.1) is 0 Å². The molecule has 0 radical (unpaired) electrons. The van der Waals surface area contributed by atoms with E-state index in [1.807, 2.05) is 24.3 Å². The molecule has 0 atom stereocenters. The quantitative estimate of drug-likeness (QED) is 0.855. The van der Waals surface area contributed by atoms with Gasteiger partial charge in [0, 0.05) is 7.05 Å². The standard InChI is InChI=1S/C15H21NO4/c1-15(2,3)11-7-5-6-8-12(11)20-10-9-16(4)13(17)14(18)19/h5-8H,9-10H2,1-4H3,(H,18,19). The monoisotopic (exact) mass is 279 g/mol. The minimum atomic E-state index is -1.46. The molecule has 5 heteroatoms. The van der Waals surface area contributed by atoms with Gasteiger partial charge in [0.25, 0.3) is 0 Å². The Balaban J connectivity index is 2.63. The summed E-state index contributed by atoms with van der Waals surface area (Å²) in [7, 11) is 1.44. The van der Waals surface area contributed by atoms with Gasteiger partial charge in [0.15, 0.2) is 0 Å². The zero-order chi connectivity index (χ0) is 15.3. The summed E-state index contributed by atoms with van der Waals surface area (Å²) in [5.74, 6) is -1.63. The summed E-state index contributed by atoms with van der Waals surface area (Å²) >= 11 is 0. The molecule has 0 aliphatic carbocycles. The number of likely N-dealkylation sites (N-methyl/N-ethyl adjacent to an activating group) is 1. The minimum absolute atomic E-state index is 0.0423. The van der Waals surface area contributed by atoms with Crippen LogP contribution in [-0.4, -0.2) is 42.1 Å². The predicted octanol–water partition coefficient (Wildman–Crippen LogP) is 1.91. The fourth-order valence-electron chi connectivity index (χ4n) is 1.77. The van der Waals surface area contributed by atoms with E-state index in [0.29, 0.717) is 0 Å². The van der Waals surface area contributed by atoms with Gasteiger partial charge in [-0.2, -0.15) is 0 Å².